The van der Waals surface area contributed by atoms with Gasteiger partial charge in [-0.05, 0) is 44.0 Å². The Kier molecular flexibility index (Phi) is 2.74. The third kappa shape index (κ3) is 2.30. The van der Waals surface area contributed by atoms with Gasteiger partial charge in [0.2, 0.25) is 0 Å². The lowest BCUT2D eigenvalue weighted by atomic mass is 9.80. The van der Waals surface area contributed by atoms with E-state index in [0.717, 1.165) is 12.2 Å². The number of fused-ring (bicyclic) bond motifs is 1. The standard InChI is InChI=1S/C17H18O2/c1-17(2)11-15(12-7-9-13(18)10-8-12)14-5-3-4-6-16(14)19-17/h3-10,15,18H,11H2,1-2H3. The summed E-state index contributed by atoms with van der Waals surface area (Å²) in [4.78, 5) is 0. The summed E-state index contributed by atoms with van der Waals surface area (Å²) in [5, 5.41) is 9.43. The zero-order chi connectivity index (χ0) is 13.5. The van der Waals surface area contributed by atoms with Gasteiger partial charge in [-0.2, -0.15) is 0 Å². The van der Waals surface area contributed by atoms with E-state index >= 15 is 0 Å². The summed E-state index contributed by atoms with van der Waals surface area (Å²) in [5.41, 5.74) is 2.28. The van der Waals surface area contributed by atoms with Crippen LogP contribution in [0.4, 0.5) is 0 Å². The summed E-state index contributed by atoms with van der Waals surface area (Å²) in [7, 11) is 0. The van der Waals surface area contributed by atoms with Crippen molar-refractivity contribution in [3.05, 3.63) is 59.7 Å². The quantitative estimate of drug-likeness (QED) is 0.830. The van der Waals surface area contributed by atoms with Gasteiger partial charge in [0.15, 0.2) is 0 Å². The van der Waals surface area contributed by atoms with Crippen LogP contribution >= 0.6 is 0 Å². The Hall–Kier alpha value is -1.96. The Bertz CT molecular complexity index is 584. The van der Waals surface area contributed by atoms with Crippen molar-refractivity contribution in [2.24, 2.45) is 0 Å². The summed E-state index contributed by atoms with van der Waals surface area (Å²) in [6, 6.07) is 15.7. The summed E-state index contributed by atoms with van der Waals surface area (Å²) >= 11 is 0. The number of ether oxygens (including phenoxy) is 1. The van der Waals surface area contributed by atoms with Crippen molar-refractivity contribution in [2.45, 2.75) is 31.8 Å². The maximum Gasteiger partial charge on any atom is 0.123 e. The van der Waals surface area contributed by atoms with Crippen LogP contribution in [0, 0.1) is 0 Å². The highest BCUT2D eigenvalue weighted by Crippen LogP contribution is 2.44. The maximum absolute atomic E-state index is 9.43. The van der Waals surface area contributed by atoms with Crippen LogP contribution in [0.25, 0.3) is 0 Å². The van der Waals surface area contributed by atoms with Crippen molar-refractivity contribution >= 4 is 0 Å². The molecule has 1 atom stereocenters. The molecule has 1 unspecified atom stereocenters. The monoisotopic (exact) mass is 254 g/mol. The lowest BCUT2D eigenvalue weighted by molar-refractivity contribution is 0.0774. The topological polar surface area (TPSA) is 29.5 Å². The lowest BCUT2D eigenvalue weighted by Gasteiger charge is -2.37. The first-order chi connectivity index (χ1) is 9.05. The maximum atomic E-state index is 9.43. The third-order valence-electron chi connectivity index (χ3n) is 3.67. The van der Waals surface area contributed by atoms with Crippen LogP contribution in [-0.4, -0.2) is 10.7 Å². The van der Waals surface area contributed by atoms with Crippen LogP contribution in [0.15, 0.2) is 48.5 Å². The number of hydrogen-bond donors (Lipinski definition) is 1. The van der Waals surface area contributed by atoms with E-state index in [9.17, 15) is 5.11 Å². The molecule has 0 fully saturated rings. The molecule has 0 bridgehead atoms. The Morgan fingerprint density at radius 2 is 1.74 bits per heavy atom. The van der Waals surface area contributed by atoms with Crippen LogP contribution in [0.5, 0.6) is 11.5 Å². The zero-order valence-corrected chi connectivity index (χ0v) is 11.3. The molecule has 2 nitrogen and oxygen atoms in total. The number of benzene rings is 2. The van der Waals surface area contributed by atoms with Gasteiger partial charge in [-0.3, -0.25) is 0 Å². The van der Waals surface area contributed by atoms with E-state index < -0.39 is 0 Å². The van der Waals surface area contributed by atoms with Gasteiger partial charge in [0, 0.05) is 11.5 Å². The van der Waals surface area contributed by atoms with Crippen molar-refractivity contribution in [3.63, 3.8) is 0 Å². The van der Waals surface area contributed by atoms with Gasteiger partial charge in [0.25, 0.3) is 0 Å². The molecule has 2 aromatic rings. The number of phenolic OH excluding ortho intramolecular Hbond substituents is 1. The highest BCUT2D eigenvalue weighted by atomic mass is 16.5. The first-order valence-electron chi connectivity index (χ1n) is 6.62. The van der Waals surface area contributed by atoms with E-state index in [2.05, 4.69) is 19.9 Å². The predicted octanol–water partition coefficient (Wildman–Crippen LogP) is 4.09. The van der Waals surface area contributed by atoms with E-state index in [1.807, 2.05) is 30.3 Å². The molecule has 19 heavy (non-hydrogen) atoms. The van der Waals surface area contributed by atoms with Crippen molar-refractivity contribution in [2.75, 3.05) is 0 Å². The molecule has 2 aromatic carbocycles. The van der Waals surface area contributed by atoms with Crippen molar-refractivity contribution < 1.29 is 9.84 Å². The highest BCUT2D eigenvalue weighted by Gasteiger charge is 2.34. The molecule has 1 aliphatic heterocycles. The fourth-order valence-corrected chi connectivity index (χ4v) is 2.81. The van der Waals surface area contributed by atoms with Crippen LogP contribution in [0.1, 0.15) is 37.3 Å². The van der Waals surface area contributed by atoms with Crippen LogP contribution < -0.4 is 4.74 Å². The van der Waals surface area contributed by atoms with Crippen LogP contribution in [0.2, 0.25) is 0 Å². The molecule has 0 spiro atoms. The van der Waals surface area contributed by atoms with Gasteiger partial charge in [-0.15, -0.1) is 0 Å². The molecule has 0 aliphatic carbocycles. The number of para-hydroxylation sites is 1. The Balaban J connectivity index is 2.08. The fraction of sp³-hybridized carbons (Fsp3) is 0.294. The molecule has 0 aromatic heterocycles. The van der Waals surface area contributed by atoms with E-state index in [-0.39, 0.29) is 5.60 Å². The number of aromatic hydroxyl groups is 1. The number of phenols is 1. The van der Waals surface area contributed by atoms with Gasteiger partial charge in [0.1, 0.15) is 17.1 Å². The van der Waals surface area contributed by atoms with Gasteiger partial charge < -0.3 is 9.84 Å². The molecule has 98 valence electrons. The molecule has 0 amide bonds. The van der Waals surface area contributed by atoms with Crippen LogP contribution in [-0.2, 0) is 0 Å². The first kappa shape index (κ1) is 12.1. The van der Waals surface area contributed by atoms with E-state index in [1.165, 1.54) is 11.1 Å². The molecule has 1 N–H and O–H groups in total. The van der Waals surface area contributed by atoms with E-state index in [4.69, 9.17) is 4.74 Å². The zero-order valence-electron chi connectivity index (χ0n) is 11.3. The molecule has 0 saturated carbocycles. The second kappa shape index (κ2) is 4.30. The summed E-state index contributed by atoms with van der Waals surface area (Å²) < 4.78 is 6.05. The minimum atomic E-state index is -0.170. The number of rotatable bonds is 1. The predicted molar refractivity (Wildman–Crippen MR) is 75.7 cm³/mol. The fourth-order valence-electron chi connectivity index (χ4n) is 2.81. The van der Waals surface area contributed by atoms with Gasteiger partial charge in [0.05, 0.1) is 0 Å². The first-order valence-corrected chi connectivity index (χ1v) is 6.62. The molecule has 0 saturated heterocycles. The largest absolute Gasteiger partial charge is 0.508 e. The molecule has 2 heteroatoms. The normalized spacial score (nSPS) is 20.4. The molecule has 1 heterocycles. The Labute approximate surface area is 113 Å². The lowest BCUT2D eigenvalue weighted by Crippen LogP contribution is -2.35. The van der Waals surface area contributed by atoms with Gasteiger partial charge in [-0.1, -0.05) is 30.3 Å². The summed E-state index contributed by atoms with van der Waals surface area (Å²) in [6.45, 7) is 4.24. The molecular weight excluding hydrogens is 236 g/mol. The average Bonchev–Trinajstić information content (AvgIpc) is 2.37. The van der Waals surface area contributed by atoms with E-state index in [1.54, 1.807) is 12.1 Å². The molecule has 3 rings (SSSR count). The summed E-state index contributed by atoms with van der Waals surface area (Å²) in [6.07, 6.45) is 0.939. The van der Waals surface area contributed by atoms with E-state index in [0.29, 0.717) is 11.7 Å². The minimum Gasteiger partial charge on any atom is -0.508 e. The average molecular weight is 254 g/mol. The molecule has 0 radical (unpaired) electrons. The van der Waals surface area contributed by atoms with Gasteiger partial charge >= 0.3 is 0 Å². The Morgan fingerprint density at radius 3 is 2.47 bits per heavy atom. The van der Waals surface area contributed by atoms with Crippen molar-refractivity contribution in [3.8, 4) is 11.5 Å². The summed E-state index contributed by atoms with van der Waals surface area (Å²) in [5.74, 6) is 1.60. The smallest absolute Gasteiger partial charge is 0.123 e. The van der Waals surface area contributed by atoms with Gasteiger partial charge in [-0.25, -0.2) is 0 Å². The van der Waals surface area contributed by atoms with Crippen LogP contribution in [0.3, 0.4) is 0 Å². The molecule has 1 aliphatic rings. The highest BCUT2D eigenvalue weighted by molar-refractivity contribution is 5.45. The van der Waals surface area contributed by atoms with Crippen molar-refractivity contribution in [1.29, 1.82) is 0 Å². The third-order valence-corrected chi connectivity index (χ3v) is 3.67. The second-order valence-corrected chi connectivity index (χ2v) is 5.75. The minimum absolute atomic E-state index is 0.170. The second-order valence-electron chi connectivity index (χ2n) is 5.75. The Morgan fingerprint density at radius 1 is 1.05 bits per heavy atom. The number of hydrogen-bond acceptors (Lipinski definition) is 2. The van der Waals surface area contributed by atoms with Crippen molar-refractivity contribution in [1.82, 2.24) is 0 Å². The SMILES string of the molecule is CC1(C)CC(c2ccc(O)cc2)c2ccccc2O1. The molecular formula is C17H18O2.